The standard InChI is InChI=1S/C18H27N5O/c1-11(2)8-12-9-14(10-12)18-17(13-6-7-13)15(21-24-18)4-3-5-16-19-22-23-20-16/h11-14H,3-10H2,1-2H3,(H,19,20,22,23). The maximum Gasteiger partial charge on any atom is 0.174 e. The summed E-state index contributed by atoms with van der Waals surface area (Å²) in [7, 11) is 0. The van der Waals surface area contributed by atoms with Crippen LogP contribution in [0.25, 0.3) is 0 Å². The second kappa shape index (κ2) is 6.65. The smallest absolute Gasteiger partial charge is 0.174 e. The van der Waals surface area contributed by atoms with E-state index in [-0.39, 0.29) is 0 Å². The van der Waals surface area contributed by atoms with Crippen molar-refractivity contribution in [2.45, 2.75) is 77.0 Å². The molecule has 0 spiro atoms. The highest BCUT2D eigenvalue weighted by molar-refractivity contribution is 5.34. The van der Waals surface area contributed by atoms with Gasteiger partial charge in [-0.3, -0.25) is 0 Å². The maximum absolute atomic E-state index is 5.84. The molecule has 0 atom stereocenters. The fraction of sp³-hybridized carbons (Fsp3) is 0.778. The third-order valence-electron chi connectivity index (χ3n) is 5.43. The molecule has 6 heteroatoms. The van der Waals surface area contributed by atoms with Crippen molar-refractivity contribution in [3.63, 3.8) is 0 Å². The molecule has 24 heavy (non-hydrogen) atoms. The van der Waals surface area contributed by atoms with Gasteiger partial charge in [0.25, 0.3) is 0 Å². The number of rotatable bonds is 8. The van der Waals surface area contributed by atoms with Gasteiger partial charge >= 0.3 is 0 Å². The average Bonchev–Trinajstić information content (AvgIpc) is 3.05. The van der Waals surface area contributed by atoms with Crippen molar-refractivity contribution in [1.82, 2.24) is 25.8 Å². The summed E-state index contributed by atoms with van der Waals surface area (Å²) in [5.74, 6) is 5.00. The zero-order valence-corrected chi connectivity index (χ0v) is 14.7. The third kappa shape index (κ3) is 3.37. The largest absolute Gasteiger partial charge is 0.361 e. The maximum atomic E-state index is 5.84. The highest BCUT2D eigenvalue weighted by Gasteiger charge is 2.39. The van der Waals surface area contributed by atoms with Gasteiger partial charge in [0.1, 0.15) is 5.76 Å². The molecule has 2 aromatic heterocycles. The van der Waals surface area contributed by atoms with Crippen LogP contribution in [-0.4, -0.2) is 25.8 Å². The van der Waals surface area contributed by atoms with Crippen molar-refractivity contribution in [1.29, 1.82) is 0 Å². The highest BCUT2D eigenvalue weighted by atomic mass is 16.5. The first-order valence-corrected chi connectivity index (χ1v) is 9.41. The Morgan fingerprint density at radius 2 is 2.00 bits per heavy atom. The summed E-state index contributed by atoms with van der Waals surface area (Å²) in [6.07, 6.45) is 9.30. The topological polar surface area (TPSA) is 80.5 Å². The van der Waals surface area contributed by atoms with Gasteiger partial charge in [0.05, 0.1) is 5.69 Å². The summed E-state index contributed by atoms with van der Waals surface area (Å²) in [6.45, 7) is 4.64. The van der Waals surface area contributed by atoms with E-state index in [9.17, 15) is 0 Å². The van der Waals surface area contributed by atoms with Crippen LogP contribution < -0.4 is 0 Å². The molecule has 2 heterocycles. The first-order chi connectivity index (χ1) is 11.7. The van der Waals surface area contributed by atoms with Gasteiger partial charge in [0.15, 0.2) is 5.82 Å². The Morgan fingerprint density at radius 1 is 1.17 bits per heavy atom. The normalized spacial score (nSPS) is 23.6. The molecule has 2 aliphatic rings. The van der Waals surface area contributed by atoms with Crippen molar-refractivity contribution in [3.8, 4) is 0 Å². The third-order valence-corrected chi connectivity index (χ3v) is 5.43. The van der Waals surface area contributed by atoms with E-state index in [1.54, 1.807) is 0 Å². The van der Waals surface area contributed by atoms with Gasteiger partial charge in [-0.25, -0.2) is 0 Å². The Labute approximate surface area is 142 Å². The van der Waals surface area contributed by atoms with Crippen molar-refractivity contribution in [3.05, 3.63) is 22.8 Å². The molecule has 2 aromatic rings. The Balaban J connectivity index is 1.38. The summed E-state index contributed by atoms with van der Waals surface area (Å²) in [5, 5.41) is 18.6. The average molecular weight is 329 g/mol. The van der Waals surface area contributed by atoms with Gasteiger partial charge in [0, 0.05) is 17.9 Å². The van der Waals surface area contributed by atoms with Crippen molar-refractivity contribution in [2.24, 2.45) is 11.8 Å². The second-order valence-electron chi connectivity index (χ2n) is 8.03. The molecule has 2 aliphatic carbocycles. The van der Waals surface area contributed by atoms with E-state index in [0.29, 0.717) is 11.8 Å². The monoisotopic (exact) mass is 329 g/mol. The van der Waals surface area contributed by atoms with Crippen LogP contribution in [0.15, 0.2) is 4.52 Å². The van der Waals surface area contributed by atoms with E-state index in [1.165, 1.54) is 49.1 Å². The lowest BCUT2D eigenvalue weighted by Gasteiger charge is -2.35. The van der Waals surface area contributed by atoms with E-state index in [0.717, 1.165) is 36.9 Å². The van der Waals surface area contributed by atoms with Gasteiger partial charge in [0.2, 0.25) is 0 Å². The van der Waals surface area contributed by atoms with Gasteiger partial charge in [-0.1, -0.05) is 24.2 Å². The lowest BCUT2D eigenvalue weighted by Crippen LogP contribution is -2.23. The number of nitrogens with zero attached hydrogens (tertiary/aromatic N) is 4. The zero-order chi connectivity index (χ0) is 16.5. The van der Waals surface area contributed by atoms with Crippen LogP contribution in [0.3, 0.4) is 0 Å². The zero-order valence-electron chi connectivity index (χ0n) is 14.7. The van der Waals surface area contributed by atoms with Crippen LogP contribution >= 0.6 is 0 Å². The molecule has 0 aromatic carbocycles. The van der Waals surface area contributed by atoms with Crippen molar-refractivity contribution >= 4 is 0 Å². The van der Waals surface area contributed by atoms with Crippen LogP contribution in [0.4, 0.5) is 0 Å². The van der Waals surface area contributed by atoms with Crippen LogP contribution in [0, 0.1) is 11.8 Å². The van der Waals surface area contributed by atoms with Crippen molar-refractivity contribution < 1.29 is 4.52 Å². The summed E-state index contributed by atoms with van der Waals surface area (Å²) in [5.41, 5.74) is 2.64. The summed E-state index contributed by atoms with van der Waals surface area (Å²) in [4.78, 5) is 0. The van der Waals surface area contributed by atoms with Gasteiger partial charge in [-0.05, 0) is 62.7 Å². The minimum absolute atomic E-state index is 0.614. The van der Waals surface area contributed by atoms with E-state index >= 15 is 0 Å². The number of aryl methyl sites for hydroxylation is 2. The summed E-state index contributed by atoms with van der Waals surface area (Å²) >= 11 is 0. The molecular formula is C18H27N5O. The first-order valence-electron chi connectivity index (χ1n) is 9.41. The Kier molecular flexibility index (Phi) is 4.37. The molecule has 130 valence electrons. The van der Waals surface area contributed by atoms with Crippen LogP contribution in [-0.2, 0) is 12.8 Å². The quantitative estimate of drug-likeness (QED) is 0.797. The molecule has 4 rings (SSSR count). The van der Waals surface area contributed by atoms with Crippen LogP contribution in [0.1, 0.15) is 87.1 Å². The number of hydrogen-bond donors (Lipinski definition) is 1. The first kappa shape index (κ1) is 15.8. The molecule has 0 saturated heterocycles. The van der Waals surface area contributed by atoms with Gasteiger partial charge in [-0.2, -0.15) is 5.21 Å². The predicted molar refractivity (Wildman–Crippen MR) is 89.6 cm³/mol. The number of aromatic nitrogens is 5. The van der Waals surface area contributed by atoms with Crippen molar-refractivity contribution in [2.75, 3.05) is 0 Å². The lowest BCUT2D eigenvalue weighted by atomic mass is 9.69. The molecule has 2 saturated carbocycles. The van der Waals surface area contributed by atoms with E-state index in [2.05, 4.69) is 39.6 Å². The number of hydrogen-bond acceptors (Lipinski definition) is 5. The minimum Gasteiger partial charge on any atom is -0.361 e. The number of H-pyrrole nitrogens is 1. The number of tetrazole rings is 1. The molecule has 0 aliphatic heterocycles. The van der Waals surface area contributed by atoms with Gasteiger partial charge in [-0.15, -0.1) is 10.2 Å². The molecule has 0 amide bonds. The second-order valence-corrected chi connectivity index (χ2v) is 8.03. The van der Waals surface area contributed by atoms with Crippen LogP contribution in [0.5, 0.6) is 0 Å². The number of aromatic amines is 1. The molecule has 0 unspecified atom stereocenters. The summed E-state index contributed by atoms with van der Waals surface area (Å²) < 4.78 is 5.84. The molecule has 0 radical (unpaired) electrons. The predicted octanol–water partition coefficient (Wildman–Crippen LogP) is 3.78. The van der Waals surface area contributed by atoms with E-state index in [4.69, 9.17) is 4.52 Å². The Morgan fingerprint density at radius 3 is 2.67 bits per heavy atom. The molecule has 1 N–H and O–H groups in total. The molecule has 0 bridgehead atoms. The number of nitrogens with one attached hydrogen (secondary N) is 1. The van der Waals surface area contributed by atoms with E-state index < -0.39 is 0 Å². The SMILES string of the molecule is CC(C)CC1CC(c2onc(CCCc3nn[nH]n3)c2C2CC2)C1. The highest BCUT2D eigenvalue weighted by Crippen LogP contribution is 2.51. The Hall–Kier alpha value is -1.72. The minimum atomic E-state index is 0.614. The fourth-order valence-electron chi connectivity index (χ4n) is 4.14. The molecule has 6 nitrogen and oxygen atoms in total. The van der Waals surface area contributed by atoms with E-state index in [1.807, 2.05) is 0 Å². The van der Waals surface area contributed by atoms with Gasteiger partial charge < -0.3 is 4.52 Å². The Bertz CT molecular complexity index is 653. The summed E-state index contributed by atoms with van der Waals surface area (Å²) in [6, 6.07) is 0. The molecule has 2 fully saturated rings. The fourth-order valence-corrected chi connectivity index (χ4v) is 4.14. The molecular weight excluding hydrogens is 302 g/mol. The lowest BCUT2D eigenvalue weighted by molar-refractivity contribution is 0.189. The van der Waals surface area contributed by atoms with Crippen LogP contribution in [0.2, 0.25) is 0 Å².